The van der Waals surface area contributed by atoms with E-state index in [4.69, 9.17) is 11.6 Å². The van der Waals surface area contributed by atoms with Crippen molar-refractivity contribution in [1.82, 2.24) is 14.6 Å². The third kappa shape index (κ3) is 6.30. The van der Waals surface area contributed by atoms with E-state index < -0.39 is 10.0 Å². The first-order chi connectivity index (χ1) is 9.92. The maximum Gasteiger partial charge on any atom is 0.208 e. The molecule has 1 aromatic heterocycles. The Bertz CT molecular complexity index is 548. The number of likely N-dealkylation sites (tertiary alicyclic amines) is 1. The largest absolute Gasteiger partial charge is 0.299 e. The van der Waals surface area contributed by atoms with Gasteiger partial charge in [-0.2, -0.15) is 0 Å². The molecule has 0 aliphatic carbocycles. The Labute approximate surface area is 131 Å². The highest BCUT2D eigenvalue weighted by molar-refractivity contribution is 7.88. The van der Waals surface area contributed by atoms with Gasteiger partial charge < -0.3 is 0 Å². The number of sulfonamides is 1. The van der Waals surface area contributed by atoms with Gasteiger partial charge in [0.05, 0.1) is 6.26 Å². The Hall–Kier alpha value is -0.690. The van der Waals surface area contributed by atoms with E-state index in [2.05, 4.69) is 14.6 Å². The highest BCUT2D eigenvalue weighted by Crippen LogP contribution is 2.21. The Morgan fingerprint density at radius 1 is 1.48 bits per heavy atom. The van der Waals surface area contributed by atoms with Crippen LogP contribution >= 0.6 is 11.6 Å². The molecule has 1 aliphatic rings. The van der Waals surface area contributed by atoms with Crippen molar-refractivity contribution in [1.29, 1.82) is 0 Å². The lowest BCUT2D eigenvalue weighted by molar-refractivity contribution is 0.162. The van der Waals surface area contributed by atoms with Gasteiger partial charge >= 0.3 is 0 Å². The molecule has 2 heterocycles. The molecule has 0 spiro atoms. The zero-order valence-corrected chi connectivity index (χ0v) is 13.8. The maximum atomic E-state index is 11.1. The molecule has 0 bridgehead atoms. The van der Waals surface area contributed by atoms with Crippen molar-refractivity contribution in [2.75, 3.05) is 25.9 Å². The molecule has 1 atom stereocenters. The molecule has 2 rings (SSSR count). The molecule has 1 saturated heterocycles. The van der Waals surface area contributed by atoms with Crippen molar-refractivity contribution < 1.29 is 8.42 Å². The smallest absolute Gasteiger partial charge is 0.208 e. The number of nitrogens with zero attached hydrogens (tertiary/aromatic N) is 2. The normalized spacial score (nSPS) is 20.6. The second-order valence-electron chi connectivity index (χ2n) is 5.69. The van der Waals surface area contributed by atoms with E-state index in [9.17, 15) is 8.42 Å². The van der Waals surface area contributed by atoms with Crippen LogP contribution in [0.25, 0.3) is 0 Å². The third-order valence-electron chi connectivity index (χ3n) is 3.71. The quantitative estimate of drug-likeness (QED) is 0.809. The second kappa shape index (κ2) is 7.54. The molecular weight excluding hydrogens is 310 g/mol. The fourth-order valence-corrected chi connectivity index (χ4v) is 3.34. The van der Waals surface area contributed by atoms with Gasteiger partial charge in [0, 0.05) is 25.8 Å². The van der Waals surface area contributed by atoms with E-state index in [1.807, 2.05) is 18.3 Å². The number of aromatic nitrogens is 1. The van der Waals surface area contributed by atoms with E-state index in [-0.39, 0.29) is 0 Å². The predicted octanol–water partition coefficient (Wildman–Crippen LogP) is 1.89. The van der Waals surface area contributed by atoms with Crippen LogP contribution in [-0.2, 0) is 16.6 Å². The van der Waals surface area contributed by atoms with Crippen LogP contribution in [0, 0.1) is 5.92 Å². The number of nitrogens with one attached hydrogen (secondary N) is 1. The van der Waals surface area contributed by atoms with Gasteiger partial charge in [-0.15, -0.1) is 0 Å². The highest BCUT2D eigenvalue weighted by Gasteiger charge is 2.20. The maximum absolute atomic E-state index is 11.1. The minimum atomic E-state index is -3.08. The van der Waals surface area contributed by atoms with E-state index in [0.717, 1.165) is 38.0 Å². The van der Waals surface area contributed by atoms with Gasteiger partial charge in [-0.25, -0.2) is 18.1 Å². The molecule has 21 heavy (non-hydrogen) atoms. The fraction of sp³-hybridized carbons (Fsp3) is 0.643. The van der Waals surface area contributed by atoms with E-state index in [1.54, 1.807) is 0 Å². The first kappa shape index (κ1) is 16.7. The summed E-state index contributed by atoms with van der Waals surface area (Å²) in [7, 11) is -3.08. The lowest BCUT2D eigenvalue weighted by atomic mass is 9.94. The average Bonchev–Trinajstić information content (AvgIpc) is 2.40. The molecule has 7 heteroatoms. The summed E-state index contributed by atoms with van der Waals surface area (Å²) in [6, 6.07) is 3.82. The summed E-state index contributed by atoms with van der Waals surface area (Å²) in [4.78, 5) is 6.50. The van der Waals surface area contributed by atoms with Gasteiger partial charge in [-0.3, -0.25) is 4.90 Å². The summed E-state index contributed by atoms with van der Waals surface area (Å²) in [5.41, 5.74) is 1.16. The SMILES string of the molecule is CS(=O)(=O)NCCC1CCCN(Cc2ccc(Cl)nc2)C1. The van der Waals surface area contributed by atoms with Crippen LogP contribution in [0.15, 0.2) is 18.3 Å². The molecule has 1 unspecified atom stereocenters. The van der Waals surface area contributed by atoms with Gasteiger partial charge in [-0.05, 0) is 43.4 Å². The molecule has 1 N–H and O–H groups in total. The van der Waals surface area contributed by atoms with Gasteiger partial charge in [0.2, 0.25) is 10.0 Å². The zero-order valence-electron chi connectivity index (χ0n) is 12.3. The van der Waals surface area contributed by atoms with Gasteiger partial charge in [-0.1, -0.05) is 17.7 Å². The molecule has 0 saturated carbocycles. The summed E-state index contributed by atoms with van der Waals surface area (Å²) in [6.07, 6.45) is 6.23. The van der Waals surface area contributed by atoms with Crippen molar-refractivity contribution in [3.8, 4) is 0 Å². The van der Waals surface area contributed by atoms with Crippen LogP contribution in [0.4, 0.5) is 0 Å². The van der Waals surface area contributed by atoms with Gasteiger partial charge in [0.1, 0.15) is 5.15 Å². The molecule has 0 radical (unpaired) electrons. The first-order valence-corrected chi connectivity index (χ1v) is 9.47. The Kier molecular flexibility index (Phi) is 5.98. The number of halogens is 1. The van der Waals surface area contributed by atoms with Crippen molar-refractivity contribution in [3.63, 3.8) is 0 Å². The Morgan fingerprint density at radius 2 is 2.29 bits per heavy atom. The molecule has 5 nitrogen and oxygen atoms in total. The van der Waals surface area contributed by atoms with Crippen LogP contribution in [-0.4, -0.2) is 44.2 Å². The monoisotopic (exact) mass is 331 g/mol. The fourth-order valence-electron chi connectivity index (χ4n) is 2.74. The molecular formula is C14H22ClN3O2S. The van der Waals surface area contributed by atoms with E-state index >= 15 is 0 Å². The summed E-state index contributed by atoms with van der Waals surface area (Å²) >= 11 is 5.79. The second-order valence-corrected chi connectivity index (χ2v) is 7.91. The standard InChI is InChI=1S/C14H22ClN3O2S/c1-21(19,20)17-7-6-12-3-2-8-18(10-12)11-13-4-5-14(15)16-9-13/h4-5,9,12,17H,2-3,6-8,10-11H2,1H3. The molecule has 1 fully saturated rings. The lowest BCUT2D eigenvalue weighted by Crippen LogP contribution is -2.36. The van der Waals surface area contributed by atoms with Crippen molar-refractivity contribution >= 4 is 21.6 Å². The van der Waals surface area contributed by atoms with Crippen LogP contribution in [0.3, 0.4) is 0 Å². The Morgan fingerprint density at radius 3 is 2.95 bits per heavy atom. The summed E-state index contributed by atoms with van der Waals surface area (Å²) in [5, 5.41) is 0.516. The summed E-state index contributed by atoms with van der Waals surface area (Å²) in [5.74, 6) is 0.549. The topological polar surface area (TPSA) is 62.3 Å². The summed E-state index contributed by atoms with van der Waals surface area (Å²) < 4.78 is 24.7. The molecule has 118 valence electrons. The average molecular weight is 332 g/mol. The minimum absolute atomic E-state index is 0.516. The molecule has 0 aromatic carbocycles. The van der Waals surface area contributed by atoms with Crippen molar-refractivity contribution in [3.05, 3.63) is 29.0 Å². The lowest BCUT2D eigenvalue weighted by Gasteiger charge is -2.32. The van der Waals surface area contributed by atoms with Crippen molar-refractivity contribution in [2.45, 2.75) is 25.8 Å². The zero-order chi connectivity index (χ0) is 15.3. The molecule has 0 amide bonds. The number of hydrogen-bond donors (Lipinski definition) is 1. The Balaban J connectivity index is 1.79. The van der Waals surface area contributed by atoms with Crippen LogP contribution in [0.1, 0.15) is 24.8 Å². The number of pyridine rings is 1. The number of piperidine rings is 1. The minimum Gasteiger partial charge on any atom is -0.299 e. The molecule has 1 aromatic rings. The van der Waals surface area contributed by atoms with E-state index in [0.29, 0.717) is 17.6 Å². The van der Waals surface area contributed by atoms with Gasteiger partial charge in [0.25, 0.3) is 0 Å². The van der Waals surface area contributed by atoms with Crippen molar-refractivity contribution in [2.24, 2.45) is 5.92 Å². The molecule has 1 aliphatic heterocycles. The third-order valence-corrected chi connectivity index (χ3v) is 4.67. The number of rotatable bonds is 6. The van der Waals surface area contributed by atoms with Gasteiger partial charge in [0.15, 0.2) is 0 Å². The van der Waals surface area contributed by atoms with Crippen LogP contribution < -0.4 is 4.72 Å². The highest BCUT2D eigenvalue weighted by atomic mass is 35.5. The van der Waals surface area contributed by atoms with Crippen LogP contribution in [0.5, 0.6) is 0 Å². The first-order valence-electron chi connectivity index (χ1n) is 7.20. The van der Waals surface area contributed by atoms with E-state index in [1.165, 1.54) is 12.7 Å². The summed E-state index contributed by atoms with van der Waals surface area (Å²) in [6.45, 7) is 3.49. The number of hydrogen-bond acceptors (Lipinski definition) is 4. The van der Waals surface area contributed by atoms with Crippen LogP contribution in [0.2, 0.25) is 5.15 Å². The predicted molar refractivity (Wildman–Crippen MR) is 84.7 cm³/mol.